The van der Waals surface area contributed by atoms with Crippen molar-refractivity contribution in [3.63, 3.8) is 0 Å². The molecule has 0 aliphatic carbocycles. The first-order valence-corrected chi connectivity index (χ1v) is 13.3. The minimum absolute atomic E-state index is 0.337. The summed E-state index contributed by atoms with van der Waals surface area (Å²) < 4.78 is 35.0. The normalized spacial score (nSPS) is 12.0. The van der Waals surface area contributed by atoms with Crippen molar-refractivity contribution < 1.29 is 32.3 Å². The predicted octanol–water partition coefficient (Wildman–Crippen LogP) is 4.83. The molecule has 7 nitrogen and oxygen atoms in total. The second-order valence-electron chi connectivity index (χ2n) is 7.15. The van der Waals surface area contributed by atoms with Crippen molar-refractivity contribution in [1.29, 1.82) is 0 Å². The smallest absolute Gasteiger partial charge is 0.493 e. The van der Waals surface area contributed by atoms with Crippen LogP contribution in [0.1, 0.15) is 43.1 Å². The van der Waals surface area contributed by atoms with Crippen molar-refractivity contribution in [1.82, 2.24) is 0 Å². The van der Waals surface area contributed by atoms with Gasteiger partial charge in [0.05, 0.1) is 12.2 Å². The molecule has 182 valence electrons. The lowest BCUT2D eigenvalue weighted by Crippen LogP contribution is -2.46. The number of carbonyl (C=O) groups excluding carboxylic acids is 1. The predicted molar refractivity (Wildman–Crippen MR) is 128 cm³/mol. The van der Waals surface area contributed by atoms with Gasteiger partial charge < -0.3 is 27.5 Å². The molecule has 0 saturated carbocycles. The Morgan fingerprint density at radius 1 is 0.818 bits per heavy atom. The molecule has 0 fully saturated rings. The molecule has 0 unspecified atom stereocenters. The van der Waals surface area contributed by atoms with Crippen molar-refractivity contribution in [2.24, 2.45) is 0 Å². The number of ketones is 1. The first-order chi connectivity index (χ1) is 16.0. The number of rotatable bonds is 16. The highest BCUT2D eigenvalue weighted by molar-refractivity contribution is 6.60. The molecular formula is C25H36O7Si. The summed E-state index contributed by atoms with van der Waals surface area (Å²) in [6.07, 6.45) is 0.660. The molecule has 33 heavy (non-hydrogen) atoms. The van der Waals surface area contributed by atoms with Crippen molar-refractivity contribution in [3.8, 4) is 5.75 Å². The number of ether oxygens (including phenoxy) is 3. The molecule has 2 aromatic carbocycles. The average molecular weight is 477 g/mol. The van der Waals surface area contributed by atoms with Gasteiger partial charge in [-0.3, -0.25) is 4.79 Å². The molecule has 0 spiro atoms. The number of benzene rings is 2. The van der Waals surface area contributed by atoms with Gasteiger partial charge in [-0.2, -0.15) is 0 Å². The summed E-state index contributed by atoms with van der Waals surface area (Å²) in [7, 11) is 0.170. The summed E-state index contributed by atoms with van der Waals surface area (Å²) in [5.41, 5.74) is 0.990. The van der Waals surface area contributed by atoms with Crippen LogP contribution in [0.2, 0.25) is 6.04 Å². The summed E-state index contributed by atoms with van der Waals surface area (Å²) in [5.74, 6) is -1.44. The Labute approximate surface area is 198 Å². The lowest BCUT2D eigenvalue weighted by molar-refractivity contribution is -0.176. The van der Waals surface area contributed by atoms with Gasteiger partial charge in [-0.15, -0.1) is 0 Å². The van der Waals surface area contributed by atoms with Gasteiger partial charge in [-0.1, -0.05) is 42.5 Å². The number of methoxy groups -OCH3 is 2. The summed E-state index contributed by atoms with van der Waals surface area (Å²) in [4.78, 5) is 13.6. The minimum Gasteiger partial charge on any atom is -0.493 e. The third-order valence-corrected chi connectivity index (χ3v) is 8.29. The molecular weight excluding hydrogens is 440 g/mol. The molecule has 0 aromatic heterocycles. The Kier molecular flexibility index (Phi) is 11.2. The fourth-order valence-corrected chi connectivity index (χ4v) is 6.30. The Bertz CT molecular complexity index is 823. The molecule has 0 saturated heterocycles. The third kappa shape index (κ3) is 6.72. The molecule has 0 bridgehead atoms. The number of hydrogen-bond acceptors (Lipinski definition) is 7. The minimum atomic E-state index is -2.74. The molecule has 0 N–H and O–H groups in total. The summed E-state index contributed by atoms with van der Waals surface area (Å²) in [6, 6.07) is 16.9. The molecule has 0 amide bonds. The highest BCUT2D eigenvalue weighted by atomic mass is 28.4. The topological polar surface area (TPSA) is 72.5 Å². The molecule has 0 aliphatic rings. The molecule has 0 radical (unpaired) electrons. The summed E-state index contributed by atoms with van der Waals surface area (Å²) >= 11 is 0. The van der Waals surface area contributed by atoms with E-state index in [9.17, 15) is 4.79 Å². The van der Waals surface area contributed by atoms with Crippen LogP contribution in [0.5, 0.6) is 5.75 Å². The number of Topliss-reactive ketones (excluding diaryl/α,β-unsaturated/α-hetero) is 1. The number of carbonyl (C=O) groups is 1. The van der Waals surface area contributed by atoms with Gasteiger partial charge in [0, 0.05) is 45.6 Å². The van der Waals surface area contributed by atoms with Crippen LogP contribution in [-0.4, -0.2) is 55.2 Å². The van der Waals surface area contributed by atoms with Gasteiger partial charge in [0.15, 0.2) is 0 Å². The first-order valence-electron chi connectivity index (χ1n) is 11.4. The van der Waals surface area contributed by atoms with Gasteiger partial charge in [0.2, 0.25) is 5.78 Å². The van der Waals surface area contributed by atoms with Crippen LogP contribution in [-0.2, 0) is 28.5 Å². The van der Waals surface area contributed by atoms with Crippen LogP contribution in [0.4, 0.5) is 0 Å². The monoisotopic (exact) mass is 476 g/mol. The lowest BCUT2D eigenvalue weighted by atomic mass is 9.95. The molecule has 2 aromatic rings. The van der Waals surface area contributed by atoms with Crippen LogP contribution in [0, 0.1) is 0 Å². The van der Waals surface area contributed by atoms with Crippen LogP contribution < -0.4 is 4.74 Å². The molecule has 0 atom stereocenters. The fraction of sp³-hybridized carbons (Fsp3) is 0.480. The fourth-order valence-electron chi connectivity index (χ4n) is 3.72. The zero-order chi connectivity index (χ0) is 24.2. The Morgan fingerprint density at radius 3 is 1.91 bits per heavy atom. The van der Waals surface area contributed by atoms with E-state index in [0.29, 0.717) is 55.8 Å². The van der Waals surface area contributed by atoms with E-state index in [1.807, 2.05) is 45.0 Å². The van der Waals surface area contributed by atoms with Crippen molar-refractivity contribution in [2.75, 3.05) is 40.6 Å². The van der Waals surface area contributed by atoms with Gasteiger partial charge in [0.1, 0.15) is 5.75 Å². The largest absolute Gasteiger partial charge is 0.501 e. The Morgan fingerprint density at radius 2 is 1.36 bits per heavy atom. The molecule has 0 aliphatic heterocycles. The molecule has 8 heteroatoms. The van der Waals surface area contributed by atoms with Crippen LogP contribution in [0.25, 0.3) is 0 Å². The number of para-hydroxylation sites is 1. The van der Waals surface area contributed by atoms with Crippen molar-refractivity contribution in [2.45, 2.75) is 39.0 Å². The standard InChI is InChI=1S/C25H36O7Si/c1-6-30-33(31-7-2,32-8-3)20-14-19-29-23-18-13-12-17-22(23)24(26)25(27-4,28-5)21-15-10-9-11-16-21/h9-13,15-18H,6-8,14,19-20H2,1-5H3. The zero-order valence-electron chi connectivity index (χ0n) is 20.3. The summed E-state index contributed by atoms with van der Waals surface area (Å²) in [6.45, 7) is 7.76. The van der Waals surface area contributed by atoms with E-state index < -0.39 is 14.6 Å². The van der Waals surface area contributed by atoms with Crippen molar-refractivity contribution >= 4 is 14.6 Å². The average Bonchev–Trinajstić information content (AvgIpc) is 2.84. The van der Waals surface area contributed by atoms with E-state index in [-0.39, 0.29) is 5.78 Å². The van der Waals surface area contributed by atoms with Crippen LogP contribution in [0.15, 0.2) is 54.6 Å². The first kappa shape index (κ1) is 27.2. The maximum absolute atomic E-state index is 13.6. The van der Waals surface area contributed by atoms with Crippen molar-refractivity contribution in [3.05, 3.63) is 65.7 Å². The lowest BCUT2D eigenvalue weighted by Gasteiger charge is -2.30. The zero-order valence-corrected chi connectivity index (χ0v) is 21.3. The van der Waals surface area contributed by atoms with E-state index in [0.717, 1.165) is 0 Å². The highest BCUT2D eigenvalue weighted by Crippen LogP contribution is 2.33. The van der Waals surface area contributed by atoms with E-state index >= 15 is 0 Å². The summed E-state index contributed by atoms with van der Waals surface area (Å²) in [5, 5.41) is 0. The third-order valence-electron chi connectivity index (χ3n) is 5.14. The van der Waals surface area contributed by atoms with E-state index in [4.69, 9.17) is 27.5 Å². The highest BCUT2D eigenvalue weighted by Gasteiger charge is 2.43. The van der Waals surface area contributed by atoms with Crippen LogP contribution in [0.3, 0.4) is 0 Å². The second-order valence-corrected chi connectivity index (χ2v) is 9.88. The van der Waals surface area contributed by atoms with Gasteiger partial charge >= 0.3 is 8.80 Å². The van der Waals surface area contributed by atoms with Gasteiger partial charge in [-0.25, -0.2) is 0 Å². The Hall–Kier alpha value is -2.07. The maximum Gasteiger partial charge on any atom is 0.501 e. The van der Waals surface area contributed by atoms with E-state index in [2.05, 4.69) is 0 Å². The Balaban J connectivity index is 2.17. The van der Waals surface area contributed by atoms with E-state index in [1.54, 1.807) is 30.3 Å². The number of hydrogen-bond donors (Lipinski definition) is 0. The molecule has 0 heterocycles. The SMILES string of the molecule is CCO[Si](CCCOc1ccccc1C(=O)C(OC)(OC)c1ccccc1)(OCC)OCC. The maximum atomic E-state index is 13.6. The van der Waals surface area contributed by atoms with Gasteiger partial charge in [0.25, 0.3) is 5.79 Å². The second kappa shape index (κ2) is 13.6. The molecule has 2 rings (SSSR count). The van der Waals surface area contributed by atoms with E-state index in [1.165, 1.54) is 14.2 Å². The van der Waals surface area contributed by atoms with Gasteiger partial charge in [-0.05, 0) is 39.3 Å². The quantitative estimate of drug-likeness (QED) is 0.149. The van der Waals surface area contributed by atoms with Crippen LogP contribution >= 0.6 is 0 Å².